The molecule has 2 aromatic carbocycles. The Kier molecular flexibility index (Phi) is 7.78. The van der Waals surface area contributed by atoms with E-state index in [4.69, 9.17) is 23.2 Å². The summed E-state index contributed by atoms with van der Waals surface area (Å²) in [6.07, 6.45) is 1.07. The van der Waals surface area contributed by atoms with E-state index in [9.17, 15) is 14.7 Å². The summed E-state index contributed by atoms with van der Waals surface area (Å²) in [4.78, 5) is 31.3. The monoisotopic (exact) mass is 512 g/mol. The first-order valence-electron chi connectivity index (χ1n) is 11.3. The number of halogens is 2. The topological polar surface area (TPSA) is 94.6 Å². The van der Waals surface area contributed by atoms with Crippen molar-refractivity contribution in [1.82, 2.24) is 10.3 Å². The molecule has 4 rings (SSSR count). The maximum atomic E-state index is 12.6. The second kappa shape index (κ2) is 11.0. The van der Waals surface area contributed by atoms with E-state index in [-0.39, 0.29) is 22.0 Å². The average molecular weight is 513 g/mol. The lowest BCUT2D eigenvalue weighted by atomic mass is 9.93. The number of carboxylic acid groups (broad SMARTS) is 1. The van der Waals surface area contributed by atoms with Crippen LogP contribution in [0.2, 0.25) is 10.0 Å². The van der Waals surface area contributed by atoms with Crippen LogP contribution in [0.4, 0.5) is 11.5 Å². The summed E-state index contributed by atoms with van der Waals surface area (Å²) < 4.78 is 0. The van der Waals surface area contributed by atoms with Gasteiger partial charge in [-0.1, -0.05) is 47.5 Å². The number of benzene rings is 2. The summed E-state index contributed by atoms with van der Waals surface area (Å²) in [6, 6.07) is 17.3. The smallest absolute Gasteiger partial charge is 0.326 e. The van der Waals surface area contributed by atoms with Crippen molar-refractivity contribution in [3.63, 3.8) is 0 Å². The second-order valence-electron chi connectivity index (χ2n) is 8.57. The molecule has 1 amide bonds. The van der Waals surface area contributed by atoms with Gasteiger partial charge in [0.25, 0.3) is 5.91 Å². The maximum Gasteiger partial charge on any atom is 0.326 e. The maximum absolute atomic E-state index is 12.6. The van der Waals surface area contributed by atoms with Crippen molar-refractivity contribution >= 4 is 46.6 Å². The minimum absolute atomic E-state index is 0.0673. The molecule has 1 atom stereocenters. The highest BCUT2D eigenvalue weighted by atomic mass is 35.5. The number of amides is 1. The van der Waals surface area contributed by atoms with Gasteiger partial charge in [-0.15, -0.1) is 0 Å². The Morgan fingerprint density at radius 2 is 1.71 bits per heavy atom. The molecule has 1 aliphatic heterocycles. The molecule has 2 heterocycles. The van der Waals surface area contributed by atoms with Gasteiger partial charge in [-0.25, -0.2) is 9.78 Å². The average Bonchev–Trinajstić information content (AvgIpc) is 2.81. The summed E-state index contributed by atoms with van der Waals surface area (Å²) in [5, 5.41) is 15.6. The van der Waals surface area contributed by atoms with Gasteiger partial charge in [0.1, 0.15) is 11.9 Å². The fourth-order valence-electron chi connectivity index (χ4n) is 4.16. The number of carbonyl (C=O) groups is 2. The molecule has 0 radical (unpaired) electrons. The van der Waals surface area contributed by atoms with E-state index in [1.807, 2.05) is 43.4 Å². The van der Waals surface area contributed by atoms with Crippen LogP contribution in [0.1, 0.15) is 21.6 Å². The molecule has 182 valence electrons. The molecule has 0 unspecified atom stereocenters. The van der Waals surface area contributed by atoms with Gasteiger partial charge in [0, 0.05) is 37.9 Å². The Hall–Kier alpha value is -3.29. The van der Waals surface area contributed by atoms with E-state index in [1.54, 1.807) is 6.07 Å². The molecule has 0 aliphatic carbocycles. The molecule has 1 fully saturated rings. The predicted octanol–water partition coefficient (Wildman–Crippen LogP) is 4.53. The zero-order valence-corrected chi connectivity index (χ0v) is 20.7. The highest BCUT2D eigenvalue weighted by molar-refractivity contribution is 6.39. The van der Waals surface area contributed by atoms with Gasteiger partial charge in [-0.2, -0.15) is 0 Å². The lowest BCUT2D eigenvalue weighted by Crippen LogP contribution is -2.47. The van der Waals surface area contributed by atoms with E-state index >= 15 is 0 Å². The number of hydrogen-bond donors (Lipinski definition) is 3. The Labute approximate surface area is 214 Å². The SMILES string of the molecule is CNc1cccc(CC2CN(c3ccc(C[C@H](NC(=O)c4c(Cl)cccc4Cl)C(=O)O)cc3)C2)n1. The van der Waals surface area contributed by atoms with Crippen molar-refractivity contribution in [1.29, 1.82) is 0 Å². The van der Waals surface area contributed by atoms with E-state index in [0.29, 0.717) is 5.92 Å². The summed E-state index contributed by atoms with van der Waals surface area (Å²) in [5.41, 5.74) is 3.03. The molecule has 0 saturated carbocycles. The van der Waals surface area contributed by atoms with Gasteiger partial charge in [0.05, 0.1) is 15.6 Å². The van der Waals surface area contributed by atoms with Crippen molar-refractivity contribution in [2.75, 3.05) is 30.4 Å². The third-order valence-electron chi connectivity index (χ3n) is 6.05. The van der Waals surface area contributed by atoms with E-state index in [0.717, 1.165) is 42.3 Å². The van der Waals surface area contributed by atoms with Crippen molar-refractivity contribution in [2.45, 2.75) is 18.9 Å². The Bertz CT molecular complexity index is 1190. The van der Waals surface area contributed by atoms with E-state index in [1.165, 1.54) is 12.1 Å². The van der Waals surface area contributed by atoms with Crippen molar-refractivity contribution in [3.05, 3.63) is 87.5 Å². The number of anilines is 2. The first-order valence-corrected chi connectivity index (χ1v) is 12.0. The van der Waals surface area contributed by atoms with Crippen LogP contribution in [0.5, 0.6) is 0 Å². The third-order valence-corrected chi connectivity index (χ3v) is 6.68. The van der Waals surface area contributed by atoms with Crippen molar-refractivity contribution in [3.8, 4) is 0 Å². The van der Waals surface area contributed by atoms with Crippen LogP contribution < -0.4 is 15.5 Å². The summed E-state index contributed by atoms with van der Waals surface area (Å²) in [5.74, 6) is -0.337. The van der Waals surface area contributed by atoms with Crippen LogP contribution in [0.25, 0.3) is 0 Å². The lowest BCUT2D eigenvalue weighted by molar-refractivity contribution is -0.139. The van der Waals surface area contributed by atoms with Crippen molar-refractivity contribution in [2.24, 2.45) is 5.92 Å². The van der Waals surface area contributed by atoms with Gasteiger partial charge in [0.15, 0.2) is 0 Å². The number of aliphatic carboxylic acids is 1. The quantitative estimate of drug-likeness (QED) is 0.389. The van der Waals surface area contributed by atoms with Crippen molar-refractivity contribution < 1.29 is 14.7 Å². The molecule has 7 nitrogen and oxygen atoms in total. The van der Waals surface area contributed by atoms with Crippen LogP contribution in [-0.2, 0) is 17.6 Å². The van der Waals surface area contributed by atoms with Gasteiger partial charge in [-0.3, -0.25) is 4.79 Å². The molecule has 1 aromatic heterocycles. The third kappa shape index (κ3) is 6.05. The zero-order valence-electron chi connectivity index (χ0n) is 19.2. The Balaban J connectivity index is 1.33. The van der Waals surface area contributed by atoms with Gasteiger partial charge in [0.2, 0.25) is 0 Å². The Morgan fingerprint density at radius 3 is 2.34 bits per heavy atom. The number of nitrogens with one attached hydrogen (secondary N) is 2. The van der Waals surface area contributed by atoms with Gasteiger partial charge >= 0.3 is 5.97 Å². The molecule has 0 spiro atoms. The Morgan fingerprint density at radius 1 is 1.06 bits per heavy atom. The van der Waals surface area contributed by atoms with Gasteiger partial charge < -0.3 is 20.6 Å². The van der Waals surface area contributed by atoms with Gasteiger partial charge in [-0.05, 0) is 54.3 Å². The van der Waals surface area contributed by atoms with E-state index in [2.05, 4.69) is 26.6 Å². The zero-order chi connectivity index (χ0) is 24.9. The molecule has 1 aliphatic rings. The fourth-order valence-corrected chi connectivity index (χ4v) is 4.73. The van der Waals surface area contributed by atoms with Crippen LogP contribution in [-0.4, -0.2) is 48.1 Å². The summed E-state index contributed by atoms with van der Waals surface area (Å²) in [7, 11) is 1.86. The number of carboxylic acids is 1. The fraction of sp³-hybridized carbons (Fsp3) is 0.269. The number of nitrogens with zero attached hydrogens (tertiary/aromatic N) is 2. The molecule has 0 bridgehead atoms. The highest BCUT2D eigenvalue weighted by Crippen LogP contribution is 2.28. The first kappa shape index (κ1) is 24.8. The molecular weight excluding hydrogens is 487 g/mol. The lowest BCUT2D eigenvalue weighted by Gasteiger charge is -2.41. The molecule has 3 aromatic rings. The van der Waals surface area contributed by atoms with E-state index < -0.39 is 17.9 Å². The number of aromatic nitrogens is 1. The standard InChI is InChI=1S/C26H26Cl2N4O3/c1-29-23-7-2-4-18(30-23)12-17-14-32(15-17)19-10-8-16(9-11-19)13-22(26(34)35)31-25(33)24-20(27)5-3-6-21(24)28/h2-11,17,22H,12-15H2,1H3,(H,29,30)(H,31,33)(H,34,35)/t22-/m0/s1. The minimum Gasteiger partial charge on any atom is -0.480 e. The summed E-state index contributed by atoms with van der Waals surface area (Å²) in [6.45, 7) is 1.88. The molecular formula is C26H26Cl2N4O3. The summed E-state index contributed by atoms with van der Waals surface area (Å²) >= 11 is 12.2. The number of hydrogen-bond acceptors (Lipinski definition) is 5. The largest absolute Gasteiger partial charge is 0.480 e. The molecule has 9 heteroatoms. The molecule has 1 saturated heterocycles. The predicted molar refractivity (Wildman–Crippen MR) is 139 cm³/mol. The van der Waals surface area contributed by atoms with Crippen LogP contribution >= 0.6 is 23.2 Å². The van der Waals surface area contributed by atoms with Crippen LogP contribution in [0.15, 0.2) is 60.7 Å². The number of carbonyl (C=O) groups excluding carboxylic acids is 1. The second-order valence-corrected chi connectivity index (χ2v) is 9.39. The number of rotatable bonds is 9. The number of pyridine rings is 1. The highest BCUT2D eigenvalue weighted by Gasteiger charge is 2.28. The van der Waals surface area contributed by atoms with Crippen LogP contribution in [0, 0.1) is 5.92 Å². The minimum atomic E-state index is -1.13. The normalized spacial score (nSPS) is 14.2. The molecule has 3 N–H and O–H groups in total. The molecule has 35 heavy (non-hydrogen) atoms. The first-order chi connectivity index (χ1) is 16.8. The van der Waals surface area contributed by atoms with Crippen LogP contribution in [0.3, 0.4) is 0 Å².